The molecule has 7 heteroatoms. The Morgan fingerprint density at radius 1 is 0.825 bits per heavy atom. The molecule has 0 fully saturated rings. The van der Waals surface area contributed by atoms with E-state index in [0.717, 1.165) is 51.9 Å². The van der Waals surface area contributed by atoms with Gasteiger partial charge in [-0.05, 0) is 60.6 Å². The first-order valence-corrected chi connectivity index (χ1v) is 13.3. The van der Waals surface area contributed by atoms with Crippen molar-refractivity contribution in [2.75, 3.05) is 39.7 Å². The Balaban J connectivity index is 1.46. The summed E-state index contributed by atoms with van der Waals surface area (Å²) in [4.78, 5) is 16.5. The number of likely N-dealkylation sites (N-methyl/N-ethyl adjacent to an activating group) is 1. The van der Waals surface area contributed by atoms with E-state index in [1.807, 2.05) is 62.8 Å². The molecular formula is C33H31N5O2. The minimum absolute atomic E-state index is 0.535. The molecule has 1 aliphatic heterocycles. The number of fused-ring (bicyclic) bond motifs is 2. The fourth-order valence-electron chi connectivity index (χ4n) is 4.76. The van der Waals surface area contributed by atoms with E-state index in [2.05, 4.69) is 57.7 Å². The highest BCUT2D eigenvalue weighted by Crippen LogP contribution is 2.37. The maximum absolute atomic E-state index is 6.12. The highest BCUT2D eigenvalue weighted by Gasteiger charge is 2.16. The maximum atomic E-state index is 6.12. The number of hydrogen-bond donors (Lipinski definition) is 1. The summed E-state index contributed by atoms with van der Waals surface area (Å²) >= 11 is 0. The standard InChI is InChI=1S/C33H31N5O2/c1-38(2)14-15-40-31-18-28-29(19-30(31)39-3)36-32(24-11-7-10-23(16-24)22-8-5-4-6-9-22)37-33(28)35-27-13-12-25-20-34-21-26(25)17-27/h4-13,16-19,21H,14-15,20H2,1-3H3,(H,35,36,37). The van der Waals surface area contributed by atoms with Gasteiger partial charge in [-0.2, -0.15) is 0 Å². The van der Waals surface area contributed by atoms with Crippen LogP contribution in [0, 0.1) is 0 Å². The Morgan fingerprint density at radius 2 is 1.65 bits per heavy atom. The van der Waals surface area contributed by atoms with Crippen molar-refractivity contribution in [2.24, 2.45) is 4.99 Å². The number of nitrogens with one attached hydrogen (secondary N) is 1. The Hall–Kier alpha value is -4.75. The molecule has 0 atom stereocenters. The van der Waals surface area contributed by atoms with Gasteiger partial charge in [-0.15, -0.1) is 0 Å². The van der Waals surface area contributed by atoms with Crippen LogP contribution in [0.15, 0.2) is 89.9 Å². The molecule has 0 saturated carbocycles. The largest absolute Gasteiger partial charge is 0.493 e. The van der Waals surface area contributed by atoms with Crippen LogP contribution in [0.1, 0.15) is 11.1 Å². The van der Waals surface area contributed by atoms with Crippen molar-refractivity contribution < 1.29 is 9.47 Å². The molecule has 0 amide bonds. The van der Waals surface area contributed by atoms with Gasteiger partial charge in [0.05, 0.1) is 19.2 Å². The fraction of sp³-hybridized carbons (Fsp3) is 0.182. The van der Waals surface area contributed by atoms with Crippen LogP contribution in [-0.2, 0) is 6.54 Å². The Morgan fingerprint density at radius 3 is 2.48 bits per heavy atom. The second-order valence-electron chi connectivity index (χ2n) is 10.0. The zero-order valence-electron chi connectivity index (χ0n) is 22.9. The third kappa shape index (κ3) is 5.37. The van der Waals surface area contributed by atoms with E-state index < -0.39 is 0 Å². The van der Waals surface area contributed by atoms with Crippen molar-refractivity contribution >= 4 is 28.6 Å². The number of rotatable bonds is 9. The van der Waals surface area contributed by atoms with Crippen molar-refractivity contribution in [1.82, 2.24) is 14.9 Å². The van der Waals surface area contributed by atoms with Gasteiger partial charge in [-0.25, -0.2) is 9.97 Å². The van der Waals surface area contributed by atoms with Crippen LogP contribution in [0.4, 0.5) is 11.5 Å². The molecule has 40 heavy (non-hydrogen) atoms. The van der Waals surface area contributed by atoms with E-state index in [1.54, 1.807) is 7.11 Å². The van der Waals surface area contributed by atoms with Crippen LogP contribution < -0.4 is 14.8 Å². The van der Waals surface area contributed by atoms with Crippen LogP contribution in [-0.4, -0.2) is 55.4 Å². The van der Waals surface area contributed by atoms with Crippen LogP contribution in [0.5, 0.6) is 11.5 Å². The molecule has 1 aliphatic rings. The average molecular weight is 530 g/mol. The summed E-state index contributed by atoms with van der Waals surface area (Å²) in [6.07, 6.45) is 1.92. The van der Waals surface area contributed by atoms with Gasteiger partial charge in [0.1, 0.15) is 12.4 Å². The predicted octanol–water partition coefficient (Wildman–Crippen LogP) is 6.59. The summed E-state index contributed by atoms with van der Waals surface area (Å²) < 4.78 is 11.8. The molecule has 0 unspecified atom stereocenters. The molecule has 6 rings (SSSR count). The molecular weight excluding hydrogens is 498 g/mol. The Labute approximate surface area is 234 Å². The second-order valence-corrected chi connectivity index (χ2v) is 10.0. The van der Waals surface area contributed by atoms with E-state index in [9.17, 15) is 0 Å². The SMILES string of the molecule is COc1cc2nc(-c3cccc(-c4ccccc4)c3)nc(Nc3ccc4c(c3)C=NC4)c2cc1OCCN(C)C. The van der Waals surface area contributed by atoms with Gasteiger partial charge in [0, 0.05) is 35.5 Å². The number of methoxy groups -OCH3 is 1. The Bertz CT molecular complexity index is 1700. The molecule has 200 valence electrons. The quantitative estimate of drug-likeness (QED) is 0.232. The molecule has 1 N–H and O–H groups in total. The highest BCUT2D eigenvalue weighted by molar-refractivity contribution is 5.95. The van der Waals surface area contributed by atoms with Crippen molar-refractivity contribution in [3.05, 3.63) is 96.1 Å². The van der Waals surface area contributed by atoms with E-state index in [4.69, 9.17) is 19.4 Å². The lowest BCUT2D eigenvalue weighted by atomic mass is 10.0. The molecule has 0 spiro atoms. The van der Waals surface area contributed by atoms with Crippen molar-refractivity contribution in [3.8, 4) is 34.0 Å². The molecule has 2 heterocycles. The van der Waals surface area contributed by atoms with E-state index in [1.165, 1.54) is 5.56 Å². The number of aliphatic imine (C=N–C) groups is 1. The number of anilines is 2. The average Bonchev–Trinajstić information content (AvgIpc) is 3.45. The smallest absolute Gasteiger partial charge is 0.162 e. The Kier molecular flexibility index (Phi) is 7.12. The number of hydrogen-bond acceptors (Lipinski definition) is 7. The number of ether oxygens (including phenoxy) is 2. The molecule has 1 aromatic heterocycles. The number of aromatic nitrogens is 2. The van der Waals surface area contributed by atoms with Crippen molar-refractivity contribution in [3.63, 3.8) is 0 Å². The van der Waals surface area contributed by atoms with Gasteiger partial charge >= 0.3 is 0 Å². The molecule has 0 aliphatic carbocycles. The topological polar surface area (TPSA) is 71.9 Å². The zero-order valence-corrected chi connectivity index (χ0v) is 22.9. The first-order chi connectivity index (χ1) is 19.6. The summed E-state index contributed by atoms with van der Waals surface area (Å²) in [5, 5.41) is 4.40. The molecule has 4 aromatic carbocycles. The number of benzene rings is 4. The maximum Gasteiger partial charge on any atom is 0.162 e. The molecule has 7 nitrogen and oxygen atoms in total. The molecule has 0 bridgehead atoms. The number of nitrogens with zero attached hydrogens (tertiary/aromatic N) is 4. The van der Waals surface area contributed by atoms with E-state index in [0.29, 0.717) is 29.7 Å². The van der Waals surface area contributed by atoms with Crippen LogP contribution >= 0.6 is 0 Å². The van der Waals surface area contributed by atoms with Crippen molar-refractivity contribution in [2.45, 2.75) is 6.54 Å². The lowest BCUT2D eigenvalue weighted by Crippen LogP contribution is -2.19. The first kappa shape index (κ1) is 25.5. The summed E-state index contributed by atoms with van der Waals surface area (Å²) in [6, 6.07) is 28.8. The summed E-state index contributed by atoms with van der Waals surface area (Å²) in [5.74, 6) is 2.61. The van der Waals surface area contributed by atoms with Gasteiger partial charge in [0.15, 0.2) is 17.3 Å². The molecule has 5 aromatic rings. The monoisotopic (exact) mass is 529 g/mol. The van der Waals surface area contributed by atoms with Crippen LogP contribution in [0.2, 0.25) is 0 Å². The van der Waals surface area contributed by atoms with Crippen molar-refractivity contribution in [1.29, 1.82) is 0 Å². The lowest BCUT2D eigenvalue weighted by molar-refractivity contribution is 0.251. The first-order valence-electron chi connectivity index (χ1n) is 13.3. The van der Waals surface area contributed by atoms with Gasteiger partial charge < -0.3 is 19.7 Å². The minimum Gasteiger partial charge on any atom is -0.493 e. The predicted molar refractivity (Wildman–Crippen MR) is 162 cm³/mol. The minimum atomic E-state index is 0.535. The van der Waals surface area contributed by atoms with Gasteiger partial charge in [-0.1, -0.05) is 54.6 Å². The summed E-state index contributed by atoms with van der Waals surface area (Å²) in [6.45, 7) is 2.05. The van der Waals surface area contributed by atoms with Gasteiger partial charge in [0.25, 0.3) is 0 Å². The summed E-state index contributed by atoms with van der Waals surface area (Å²) in [7, 11) is 5.69. The van der Waals surface area contributed by atoms with E-state index >= 15 is 0 Å². The summed E-state index contributed by atoms with van der Waals surface area (Å²) in [5.41, 5.74) is 7.21. The third-order valence-corrected chi connectivity index (χ3v) is 6.91. The zero-order chi connectivity index (χ0) is 27.5. The van der Waals surface area contributed by atoms with Gasteiger partial charge in [-0.3, -0.25) is 4.99 Å². The lowest BCUT2D eigenvalue weighted by Gasteiger charge is -2.17. The highest BCUT2D eigenvalue weighted by atomic mass is 16.5. The van der Waals surface area contributed by atoms with Crippen LogP contribution in [0.25, 0.3) is 33.4 Å². The van der Waals surface area contributed by atoms with E-state index in [-0.39, 0.29) is 0 Å². The molecule has 0 saturated heterocycles. The normalized spacial score (nSPS) is 12.1. The third-order valence-electron chi connectivity index (χ3n) is 6.91. The van der Waals surface area contributed by atoms with Crippen LogP contribution in [0.3, 0.4) is 0 Å². The fourth-order valence-corrected chi connectivity index (χ4v) is 4.76. The van der Waals surface area contributed by atoms with Gasteiger partial charge in [0.2, 0.25) is 0 Å². The second kappa shape index (κ2) is 11.2. The molecule has 0 radical (unpaired) electrons.